The lowest BCUT2D eigenvalue weighted by Crippen LogP contribution is -2.14. The lowest BCUT2D eigenvalue weighted by molar-refractivity contribution is 0.616. The van der Waals surface area contributed by atoms with Crippen LogP contribution in [0.5, 0.6) is 0 Å². The first-order valence-electron chi connectivity index (χ1n) is 6.81. The third kappa shape index (κ3) is 3.57. The lowest BCUT2D eigenvalue weighted by Gasteiger charge is -2.18. The van der Waals surface area contributed by atoms with Crippen molar-refractivity contribution in [2.75, 3.05) is 5.32 Å². The average molecular weight is 283 g/mol. The first-order chi connectivity index (χ1) is 9.92. The normalized spacial score (nSPS) is 12.5. The summed E-state index contributed by atoms with van der Waals surface area (Å²) in [5, 5.41) is 12.4. The zero-order chi connectivity index (χ0) is 15.5. The van der Waals surface area contributed by atoms with Gasteiger partial charge in [-0.05, 0) is 50.1 Å². The predicted molar refractivity (Wildman–Crippen MR) is 81.3 cm³/mol. The fraction of sp³-hybridized carbons (Fsp3) is 0.294. The molecule has 1 unspecified atom stereocenters. The van der Waals surface area contributed by atoms with Crippen molar-refractivity contribution >= 4 is 5.69 Å². The van der Waals surface area contributed by atoms with Gasteiger partial charge in [-0.15, -0.1) is 0 Å². The molecular weight excluding hydrogens is 265 g/mol. The number of hydrogen-bond donors (Lipinski definition) is 1. The Kier molecular flexibility index (Phi) is 4.23. The lowest BCUT2D eigenvalue weighted by atomic mass is 9.86. The van der Waals surface area contributed by atoms with E-state index < -0.39 is 5.41 Å². The van der Waals surface area contributed by atoms with E-state index in [9.17, 15) is 4.39 Å². The van der Waals surface area contributed by atoms with Crippen LogP contribution >= 0.6 is 0 Å². The number of nitrogens with one attached hydrogen (secondary N) is 1. The molecule has 0 aliphatic heterocycles. The van der Waals surface area contributed by atoms with Gasteiger partial charge in [0.15, 0.2) is 0 Å². The van der Waals surface area contributed by atoms with Crippen molar-refractivity contribution in [3.05, 3.63) is 59.7 Å². The Labute approximate surface area is 124 Å². The quantitative estimate of drug-likeness (QED) is 0.915. The maximum absolute atomic E-state index is 13.2. The molecular formula is C17H18FN3. The van der Waals surface area contributed by atoms with E-state index in [1.54, 1.807) is 6.20 Å². The van der Waals surface area contributed by atoms with Crippen molar-refractivity contribution in [2.24, 2.45) is 0 Å². The number of nitrogens with zero attached hydrogens (tertiary/aromatic N) is 2. The second-order valence-corrected chi connectivity index (χ2v) is 5.62. The summed E-state index contributed by atoms with van der Waals surface area (Å²) in [6.07, 6.45) is 2.84. The number of rotatable bonds is 4. The molecule has 0 fully saturated rings. The first-order valence-corrected chi connectivity index (χ1v) is 6.81. The maximum atomic E-state index is 13.2. The number of hydrogen-bond acceptors (Lipinski definition) is 3. The molecule has 0 saturated heterocycles. The highest BCUT2D eigenvalue weighted by atomic mass is 19.1. The highest BCUT2D eigenvalue weighted by Crippen LogP contribution is 2.25. The number of benzene rings is 1. The van der Waals surface area contributed by atoms with Crippen molar-refractivity contribution in [1.29, 1.82) is 5.26 Å². The van der Waals surface area contributed by atoms with Crippen LogP contribution in [0.4, 0.5) is 10.1 Å². The molecule has 1 N–H and O–H groups in total. The first kappa shape index (κ1) is 15.0. The van der Waals surface area contributed by atoms with Gasteiger partial charge >= 0.3 is 0 Å². The van der Waals surface area contributed by atoms with Crippen LogP contribution in [0.1, 0.15) is 37.9 Å². The molecule has 0 saturated carbocycles. The molecule has 3 nitrogen and oxygen atoms in total. The molecule has 0 aliphatic rings. The number of anilines is 1. The summed E-state index contributed by atoms with van der Waals surface area (Å²) in [4.78, 5) is 3.85. The van der Waals surface area contributed by atoms with E-state index in [0.29, 0.717) is 0 Å². The third-order valence-corrected chi connectivity index (χ3v) is 3.50. The van der Waals surface area contributed by atoms with E-state index in [1.807, 2.05) is 45.0 Å². The monoisotopic (exact) mass is 283 g/mol. The van der Waals surface area contributed by atoms with Crippen LogP contribution < -0.4 is 5.32 Å². The van der Waals surface area contributed by atoms with Gasteiger partial charge in [0.2, 0.25) is 0 Å². The standard InChI is InChI=1S/C17H18FN3/c1-12(13-8-15(18)10-20-9-13)21-16-6-4-14(5-7-16)17(2,3)11-19/h4-10,12,21H,1-3H3. The predicted octanol–water partition coefficient (Wildman–Crippen LogP) is 4.19. The highest BCUT2D eigenvalue weighted by Gasteiger charge is 2.19. The number of aromatic nitrogens is 1. The van der Waals surface area contributed by atoms with Crippen LogP contribution in [0.25, 0.3) is 0 Å². The van der Waals surface area contributed by atoms with Crippen LogP contribution in [-0.2, 0) is 5.41 Å². The zero-order valence-corrected chi connectivity index (χ0v) is 12.4. The van der Waals surface area contributed by atoms with Gasteiger partial charge < -0.3 is 5.32 Å². The Bertz CT molecular complexity index is 656. The Hall–Kier alpha value is -2.41. The summed E-state index contributed by atoms with van der Waals surface area (Å²) >= 11 is 0. The molecule has 1 heterocycles. The second-order valence-electron chi connectivity index (χ2n) is 5.62. The molecule has 0 spiro atoms. The van der Waals surface area contributed by atoms with Gasteiger partial charge in [0, 0.05) is 11.9 Å². The van der Waals surface area contributed by atoms with Crippen molar-refractivity contribution in [3.8, 4) is 6.07 Å². The van der Waals surface area contributed by atoms with E-state index in [-0.39, 0.29) is 11.9 Å². The van der Waals surface area contributed by atoms with Gasteiger partial charge in [-0.3, -0.25) is 4.98 Å². The SMILES string of the molecule is CC(Nc1ccc(C(C)(C)C#N)cc1)c1cncc(F)c1. The third-order valence-electron chi connectivity index (χ3n) is 3.50. The van der Waals surface area contributed by atoms with Crippen LogP contribution in [0.2, 0.25) is 0 Å². The smallest absolute Gasteiger partial charge is 0.141 e. The Balaban J connectivity index is 2.12. The average Bonchev–Trinajstić information content (AvgIpc) is 2.48. The molecule has 0 bridgehead atoms. The second kappa shape index (κ2) is 5.92. The fourth-order valence-electron chi connectivity index (χ4n) is 2.05. The summed E-state index contributed by atoms with van der Waals surface area (Å²) in [5.41, 5.74) is 2.17. The van der Waals surface area contributed by atoms with Crippen molar-refractivity contribution in [1.82, 2.24) is 4.98 Å². The van der Waals surface area contributed by atoms with E-state index in [4.69, 9.17) is 5.26 Å². The van der Waals surface area contributed by atoms with Crippen molar-refractivity contribution in [3.63, 3.8) is 0 Å². The largest absolute Gasteiger partial charge is 0.378 e. The van der Waals surface area contributed by atoms with Crippen LogP contribution in [0.15, 0.2) is 42.7 Å². The fourth-order valence-corrected chi connectivity index (χ4v) is 2.05. The molecule has 1 aromatic carbocycles. The van der Waals surface area contributed by atoms with E-state index in [1.165, 1.54) is 12.3 Å². The summed E-state index contributed by atoms with van der Waals surface area (Å²) in [6, 6.07) is 11.4. The van der Waals surface area contributed by atoms with Gasteiger partial charge in [-0.1, -0.05) is 12.1 Å². The molecule has 2 rings (SSSR count). The molecule has 21 heavy (non-hydrogen) atoms. The number of halogens is 1. The molecule has 0 radical (unpaired) electrons. The van der Waals surface area contributed by atoms with E-state index >= 15 is 0 Å². The minimum Gasteiger partial charge on any atom is -0.378 e. The summed E-state index contributed by atoms with van der Waals surface area (Å²) < 4.78 is 13.2. The van der Waals surface area contributed by atoms with Gasteiger partial charge in [-0.2, -0.15) is 5.26 Å². The van der Waals surface area contributed by atoms with E-state index in [2.05, 4.69) is 16.4 Å². The summed E-state index contributed by atoms with van der Waals surface area (Å²) in [6.45, 7) is 5.72. The molecule has 1 atom stereocenters. The molecule has 0 aliphatic carbocycles. The van der Waals surface area contributed by atoms with Crippen molar-refractivity contribution in [2.45, 2.75) is 32.2 Å². The number of nitriles is 1. The maximum Gasteiger partial charge on any atom is 0.141 e. The topological polar surface area (TPSA) is 48.7 Å². The van der Waals surface area contributed by atoms with Crippen molar-refractivity contribution < 1.29 is 4.39 Å². The Morgan fingerprint density at radius 1 is 1.24 bits per heavy atom. The molecule has 1 aromatic heterocycles. The Morgan fingerprint density at radius 2 is 1.90 bits per heavy atom. The molecule has 2 aromatic rings. The molecule has 108 valence electrons. The minimum absolute atomic E-state index is 0.0528. The van der Waals surface area contributed by atoms with Gasteiger partial charge in [0.05, 0.1) is 23.7 Å². The van der Waals surface area contributed by atoms with Crippen LogP contribution in [0, 0.1) is 17.1 Å². The summed E-state index contributed by atoms with van der Waals surface area (Å²) in [5.74, 6) is -0.340. The minimum atomic E-state index is -0.503. The zero-order valence-electron chi connectivity index (χ0n) is 12.4. The van der Waals surface area contributed by atoms with Gasteiger partial charge in [0.1, 0.15) is 5.82 Å². The van der Waals surface area contributed by atoms with Gasteiger partial charge in [0.25, 0.3) is 0 Å². The molecule has 4 heteroatoms. The van der Waals surface area contributed by atoms with E-state index in [0.717, 1.165) is 16.8 Å². The van der Waals surface area contributed by atoms with Crippen LogP contribution in [0.3, 0.4) is 0 Å². The Morgan fingerprint density at radius 3 is 2.48 bits per heavy atom. The molecule has 0 amide bonds. The highest BCUT2D eigenvalue weighted by molar-refractivity contribution is 5.48. The summed E-state index contributed by atoms with van der Waals surface area (Å²) in [7, 11) is 0. The van der Waals surface area contributed by atoms with Gasteiger partial charge in [-0.25, -0.2) is 4.39 Å². The van der Waals surface area contributed by atoms with Crippen LogP contribution in [-0.4, -0.2) is 4.98 Å². The number of pyridine rings is 1.